The number of hydrogen-bond donors (Lipinski definition) is 3. The largest absolute Gasteiger partial charge is 0.386 e. The van der Waals surface area contributed by atoms with Crippen molar-refractivity contribution in [3.8, 4) is 0 Å². The van der Waals surface area contributed by atoms with Crippen molar-refractivity contribution in [2.45, 2.75) is 39.3 Å². The monoisotopic (exact) mass is 402 g/mol. The zero-order chi connectivity index (χ0) is 19.2. The van der Waals surface area contributed by atoms with Crippen LogP contribution in [0.3, 0.4) is 0 Å². The van der Waals surface area contributed by atoms with Crippen LogP contribution in [0.5, 0.6) is 0 Å². The van der Waals surface area contributed by atoms with Crippen molar-refractivity contribution in [2.75, 3.05) is 13.1 Å². The van der Waals surface area contributed by atoms with Gasteiger partial charge in [-0.2, -0.15) is 0 Å². The molecule has 1 atom stereocenters. The van der Waals surface area contributed by atoms with E-state index in [4.69, 9.17) is 0 Å². The second-order valence-electron chi connectivity index (χ2n) is 6.61. The minimum Gasteiger partial charge on any atom is -0.386 e. The first kappa shape index (κ1) is 19.8. The maximum absolute atomic E-state index is 10.5. The Bertz CT molecular complexity index is 867. The summed E-state index contributed by atoms with van der Waals surface area (Å²) in [7, 11) is 0. The summed E-state index contributed by atoms with van der Waals surface area (Å²) in [6.07, 6.45) is -0.571. The number of hydrogen-bond acceptors (Lipinski definition) is 5. The molecule has 0 radical (unpaired) electrons. The lowest BCUT2D eigenvalue weighted by Gasteiger charge is -2.14. The highest BCUT2D eigenvalue weighted by atomic mass is 32.1. The Labute approximate surface area is 168 Å². The van der Waals surface area contributed by atoms with Crippen molar-refractivity contribution < 1.29 is 5.11 Å². The van der Waals surface area contributed by atoms with Gasteiger partial charge in [-0.1, -0.05) is 32.0 Å². The van der Waals surface area contributed by atoms with E-state index in [1.165, 1.54) is 10.1 Å². The number of aliphatic imine (C=N–C) groups is 1. The van der Waals surface area contributed by atoms with Gasteiger partial charge in [0.1, 0.15) is 6.10 Å². The second-order valence-corrected chi connectivity index (χ2v) is 8.62. The molecule has 1 aromatic carbocycles. The van der Waals surface area contributed by atoms with Gasteiger partial charge in [-0.25, -0.2) is 9.98 Å². The van der Waals surface area contributed by atoms with Gasteiger partial charge in [0, 0.05) is 34.0 Å². The molecule has 0 aliphatic rings. The number of rotatable bonds is 7. The number of aliphatic hydroxyl groups excluding tert-OH is 1. The molecule has 3 rings (SSSR count). The highest BCUT2D eigenvalue weighted by Crippen LogP contribution is 2.29. The number of benzene rings is 1. The summed E-state index contributed by atoms with van der Waals surface area (Å²) in [5, 5.41) is 21.4. The van der Waals surface area contributed by atoms with E-state index < -0.39 is 6.10 Å². The molecule has 0 aliphatic heterocycles. The summed E-state index contributed by atoms with van der Waals surface area (Å²) in [5.74, 6) is 1.13. The van der Waals surface area contributed by atoms with Gasteiger partial charge in [-0.15, -0.1) is 22.7 Å². The summed E-state index contributed by atoms with van der Waals surface area (Å²) in [6.45, 7) is 8.02. The second kappa shape index (κ2) is 9.30. The average molecular weight is 403 g/mol. The predicted molar refractivity (Wildman–Crippen MR) is 116 cm³/mol. The molecule has 2 heterocycles. The lowest BCUT2D eigenvalue weighted by molar-refractivity contribution is 0.184. The zero-order valence-corrected chi connectivity index (χ0v) is 17.5. The van der Waals surface area contributed by atoms with Crippen LogP contribution < -0.4 is 10.6 Å². The fourth-order valence-corrected chi connectivity index (χ4v) is 4.50. The van der Waals surface area contributed by atoms with Crippen molar-refractivity contribution in [1.82, 2.24) is 15.6 Å². The molecule has 27 heavy (non-hydrogen) atoms. The van der Waals surface area contributed by atoms with Crippen LogP contribution in [0.2, 0.25) is 0 Å². The quantitative estimate of drug-likeness (QED) is 0.408. The Hall–Kier alpha value is -1.96. The van der Waals surface area contributed by atoms with Gasteiger partial charge in [0.2, 0.25) is 0 Å². The van der Waals surface area contributed by atoms with E-state index in [-0.39, 0.29) is 0 Å². The van der Waals surface area contributed by atoms with E-state index in [1.807, 2.05) is 19.1 Å². The maximum Gasteiger partial charge on any atom is 0.191 e. The van der Waals surface area contributed by atoms with Crippen LogP contribution in [0.4, 0.5) is 0 Å². The van der Waals surface area contributed by atoms with Gasteiger partial charge >= 0.3 is 0 Å². The summed E-state index contributed by atoms with van der Waals surface area (Å²) < 4.78 is 1.19. The van der Waals surface area contributed by atoms with Gasteiger partial charge in [-0.05, 0) is 24.4 Å². The first-order valence-electron chi connectivity index (χ1n) is 9.19. The molecule has 2 aromatic heterocycles. The van der Waals surface area contributed by atoms with Crippen LogP contribution in [0, 0.1) is 0 Å². The Balaban J connectivity index is 1.61. The highest BCUT2D eigenvalue weighted by molar-refractivity contribution is 7.19. The molecule has 144 valence electrons. The molecule has 0 amide bonds. The van der Waals surface area contributed by atoms with Gasteiger partial charge in [-0.3, -0.25) is 0 Å². The molecular weight excluding hydrogens is 376 g/mol. The number of thiophene rings is 1. The highest BCUT2D eigenvalue weighted by Gasteiger charge is 2.12. The number of fused-ring (bicyclic) bond motifs is 1. The van der Waals surface area contributed by atoms with Crippen LogP contribution in [-0.4, -0.2) is 29.1 Å². The molecule has 1 unspecified atom stereocenters. The molecule has 5 nitrogen and oxygen atoms in total. The molecule has 7 heteroatoms. The minimum atomic E-state index is -0.571. The van der Waals surface area contributed by atoms with E-state index in [0.29, 0.717) is 25.0 Å². The molecular formula is C20H26N4OS2. The lowest BCUT2D eigenvalue weighted by atomic mass is 10.2. The number of nitrogens with one attached hydrogen (secondary N) is 2. The van der Waals surface area contributed by atoms with Crippen LogP contribution in [-0.2, 0) is 6.54 Å². The Morgan fingerprint density at radius 1 is 1.26 bits per heavy atom. The first-order chi connectivity index (χ1) is 13.1. The van der Waals surface area contributed by atoms with Crippen molar-refractivity contribution >= 4 is 38.7 Å². The molecule has 0 fully saturated rings. The Morgan fingerprint density at radius 3 is 2.78 bits per heavy atom. The third-order valence-electron chi connectivity index (χ3n) is 4.04. The van der Waals surface area contributed by atoms with E-state index >= 15 is 0 Å². The molecule has 0 saturated heterocycles. The summed E-state index contributed by atoms with van der Waals surface area (Å²) in [5.41, 5.74) is 0.978. The summed E-state index contributed by atoms with van der Waals surface area (Å²) in [6, 6.07) is 10.2. The van der Waals surface area contributed by atoms with E-state index in [9.17, 15) is 5.11 Å². The number of aromatic nitrogens is 1. The van der Waals surface area contributed by atoms with Gasteiger partial charge in [0.05, 0.1) is 17.2 Å². The van der Waals surface area contributed by atoms with E-state index in [2.05, 4.69) is 58.0 Å². The van der Waals surface area contributed by atoms with Crippen LogP contribution in [0.25, 0.3) is 10.1 Å². The van der Waals surface area contributed by atoms with Crippen molar-refractivity contribution in [3.05, 3.63) is 51.3 Å². The number of guanidine groups is 1. The molecule has 0 saturated carbocycles. The van der Waals surface area contributed by atoms with Gasteiger partial charge in [0.15, 0.2) is 5.96 Å². The van der Waals surface area contributed by atoms with Crippen molar-refractivity contribution in [3.63, 3.8) is 0 Å². The smallest absolute Gasteiger partial charge is 0.191 e. The van der Waals surface area contributed by atoms with Crippen LogP contribution in [0.1, 0.15) is 48.4 Å². The molecule has 0 bridgehead atoms. The van der Waals surface area contributed by atoms with E-state index in [1.54, 1.807) is 22.7 Å². The predicted octanol–water partition coefficient (Wildman–Crippen LogP) is 4.27. The normalized spacial score (nSPS) is 13.3. The third-order valence-corrected chi connectivity index (χ3v) is 6.45. The van der Waals surface area contributed by atoms with Gasteiger partial charge < -0.3 is 15.7 Å². The molecule has 0 spiro atoms. The summed E-state index contributed by atoms with van der Waals surface area (Å²) >= 11 is 3.31. The molecule has 3 N–H and O–H groups in total. The average Bonchev–Trinajstić information content (AvgIpc) is 3.30. The van der Waals surface area contributed by atoms with Crippen molar-refractivity contribution in [2.24, 2.45) is 4.99 Å². The SMILES string of the molecule is CCNC(=NCc1csc(C(C)C)n1)NCC(O)c1cc2ccccc2s1. The fraction of sp³-hybridized carbons (Fsp3) is 0.400. The number of aliphatic hydroxyl groups is 1. The third kappa shape index (κ3) is 5.28. The fourth-order valence-electron chi connectivity index (χ4n) is 2.62. The minimum absolute atomic E-state index is 0.410. The number of nitrogens with zero attached hydrogens (tertiary/aromatic N) is 2. The molecule has 0 aliphatic carbocycles. The zero-order valence-electron chi connectivity index (χ0n) is 15.9. The Kier molecular flexibility index (Phi) is 6.82. The topological polar surface area (TPSA) is 69.5 Å². The molecule has 3 aromatic rings. The van der Waals surface area contributed by atoms with Crippen molar-refractivity contribution in [1.29, 1.82) is 0 Å². The first-order valence-corrected chi connectivity index (χ1v) is 10.9. The lowest BCUT2D eigenvalue weighted by Crippen LogP contribution is -2.39. The van der Waals surface area contributed by atoms with Crippen LogP contribution >= 0.6 is 22.7 Å². The van der Waals surface area contributed by atoms with E-state index in [0.717, 1.165) is 22.1 Å². The summed E-state index contributed by atoms with van der Waals surface area (Å²) in [4.78, 5) is 10.2. The Morgan fingerprint density at radius 2 is 2.07 bits per heavy atom. The maximum atomic E-state index is 10.5. The standard InChI is InChI=1S/C20H26N4OS2/c1-4-21-20(22-10-15-12-26-19(24-15)13(2)3)23-11-16(25)18-9-14-7-5-6-8-17(14)27-18/h5-9,12-13,16,25H,4,10-11H2,1-3H3,(H2,21,22,23). The van der Waals surface area contributed by atoms with Gasteiger partial charge in [0.25, 0.3) is 0 Å². The number of thiazole rings is 1. The van der Waals surface area contributed by atoms with Crippen LogP contribution in [0.15, 0.2) is 40.7 Å².